The first-order valence-electron chi connectivity index (χ1n) is 6.84. The standard InChI is InChI=1S/C16H18N4O/c1-11-5-13(3-4-14(11)7-17)16-15-6-12(9-21-2)8-20(15)19-10-18-16/h3-6,8,10H,7,9,17H2,1-2H3. The number of benzene rings is 1. The van der Waals surface area contributed by atoms with Gasteiger partial charge in [-0.25, -0.2) is 9.50 Å². The van der Waals surface area contributed by atoms with Gasteiger partial charge >= 0.3 is 0 Å². The molecule has 2 N–H and O–H groups in total. The van der Waals surface area contributed by atoms with Crippen molar-refractivity contribution in [2.75, 3.05) is 7.11 Å². The highest BCUT2D eigenvalue weighted by Gasteiger charge is 2.10. The lowest BCUT2D eigenvalue weighted by Gasteiger charge is -2.07. The second kappa shape index (κ2) is 5.63. The zero-order valence-corrected chi connectivity index (χ0v) is 12.2. The fourth-order valence-electron chi connectivity index (χ4n) is 2.52. The first-order valence-corrected chi connectivity index (χ1v) is 6.84. The maximum absolute atomic E-state index is 5.72. The zero-order chi connectivity index (χ0) is 14.8. The minimum Gasteiger partial charge on any atom is -0.380 e. The van der Waals surface area contributed by atoms with Gasteiger partial charge < -0.3 is 10.5 Å². The summed E-state index contributed by atoms with van der Waals surface area (Å²) < 4.78 is 7.01. The van der Waals surface area contributed by atoms with Crippen molar-refractivity contribution in [3.63, 3.8) is 0 Å². The van der Waals surface area contributed by atoms with Gasteiger partial charge in [-0.3, -0.25) is 0 Å². The molecule has 0 saturated carbocycles. The molecule has 0 bridgehead atoms. The van der Waals surface area contributed by atoms with Crippen LogP contribution in [0, 0.1) is 6.92 Å². The van der Waals surface area contributed by atoms with Crippen LogP contribution in [0.3, 0.4) is 0 Å². The lowest BCUT2D eigenvalue weighted by atomic mass is 10.0. The van der Waals surface area contributed by atoms with Gasteiger partial charge in [0.25, 0.3) is 0 Å². The Morgan fingerprint density at radius 2 is 2.14 bits per heavy atom. The Morgan fingerprint density at radius 1 is 1.29 bits per heavy atom. The molecule has 0 amide bonds. The second-order valence-electron chi connectivity index (χ2n) is 5.07. The van der Waals surface area contributed by atoms with E-state index >= 15 is 0 Å². The minimum absolute atomic E-state index is 0.550. The molecule has 2 aromatic heterocycles. The van der Waals surface area contributed by atoms with Crippen LogP contribution in [-0.2, 0) is 17.9 Å². The highest BCUT2D eigenvalue weighted by molar-refractivity contribution is 5.77. The Balaban J connectivity index is 2.13. The van der Waals surface area contributed by atoms with E-state index in [9.17, 15) is 0 Å². The van der Waals surface area contributed by atoms with E-state index in [1.54, 1.807) is 13.4 Å². The molecule has 0 spiro atoms. The SMILES string of the molecule is COCc1cc2c(-c3ccc(CN)c(C)c3)ncnn2c1. The maximum atomic E-state index is 5.72. The Labute approximate surface area is 123 Å². The molecule has 0 atom stereocenters. The second-order valence-corrected chi connectivity index (χ2v) is 5.07. The van der Waals surface area contributed by atoms with Crippen LogP contribution in [0.25, 0.3) is 16.8 Å². The molecule has 108 valence electrons. The van der Waals surface area contributed by atoms with Crippen LogP contribution < -0.4 is 5.73 Å². The Morgan fingerprint density at radius 3 is 2.86 bits per heavy atom. The van der Waals surface area contributed by atoms with Crippen molar-refractivity contribution in [3.05, 3.63) is 53.5 Å². The number of methoxy groups -OCH3 is 1. The van der Waals surface area contributed by atoms with Gasteiger partial charge in [0.1, 0.15) is 6.33 Å². The smallest absolute Gasteiger partial charge is 0.137 e. The average Bonchev–Trinajstić information content (AvgIpc) is 2.90. The third kappa shape index (κ3) is 2.53. The number of rotatable bonds is 4. The predicted molar refractivity (Wildman–Crippen MR) is 81.8 cm³/mol. The first kappa shape index (κ1) is 13.7. The van der Waals surface area contributed by atoms with Crippen LogP contribution in [0.1, 0.15) is 16.7 Å². The van der Waals surface area contributed by atoms with E-state index in [-0.39, 0.29) is 0 Å². The number of aromatic nitrogens is 3. The van der Waals surface area contributed by atoms with Crippen LogP contribution in [0.2, 0.25) is 0 Å². The first-order chi connectivity index (χ1) is 10.2. The fourth-order valence-corrected chi connectivity index (χ4v) is 2.52. The van der Waals surface area contributed by atoms with Crippen molar-refractivity contribution in [2.45, 2.75) is 20.1 Å². The molecule has 5 nitrogen and oxygen atoms in total. The van der Waals surface area contributed by atoms with Gasteiger partial charge in [-0.2, -0.15) is 5.10 Å². The van der Waals surface area contributed by atoms with Gasteiger partial charge in [0, 0.05) is 25.4 Å². The highest BCUT2D eigenvalue weighted by Crippen LogP contribution is 2.25. The number of hydrogen-bond donors (Lipinski definition) is 1. The van der Waals surface area contributed by atoms with Crippen molar-refractivity contribution >= 4 is 5.52 Å². The molecule has 3 aromatic rings. The predicted octanol–water partition coefficient (Wildman–Crippen LogP) is 2.31. The summed E-state index contributed by atoms with van der Waals surface area (Å²) in [6, 6.07) is 8.29. The normalized spacial score (nSPS) is 11.2. The molecule has 0 fully saturated rings. The highest BCUT2D eigenvalue weighted by atomic mass is 16.5. The molecule has 0 radical (unpaired) electrons. The lowest BCUT2D eigenvalue weighted by molar-refractivity contribution is 0.185. The molecule has 0 saturated heterocycles. The van der Waals surface area contributed by atoms with Gasteiger partial charge in [0.2, 0.25) is 0 Å². The molecule has 2 heterocycles. The van der Waals surface area contributed by atoms with Crippen LogP contribution in [0.15, 0.2) is 36.8 Å². The Bertz CT molecular complexity index is 779. The van der Waals surface area contributed by atoms with Crippen molar-refractivity contribution in [1.29, 1.82) is 0 Å². The van der Waals surface area contributed by atoms with E-state index in [1.807, 2.05) is 10.7 Å². The summed E-state index contributed by atoms with van der Waals surface area (Å²) >= 11 is 0. The van der Waals surface area contributed by atoms with Gasteiger partial charge in [-0.1, -0.05) is 12.1 Å². The molecule has 0 aliphatic rings. The zero-order valence-electron chi connectivity index (χ0n) is 12.2. The Hall–Kier alpha value is -2.24. The molecular formula is C16H18N4O. The maximum Gasteiger partial charge on any atom is 0.137 e. The Kier molecular flexibility index (Phi) is 3.68. The topological polar surface area (TPSA) is 65.4 Å². The fraction of sp³-hybridized carbons (Fsp3) is 0.250. The number of aryl methyl sites for hydroxylation is 1. The quantitative estimate of drug-likeness (QED) is 0.797. The molecular weight excluding hydrogens is 264 g/mol. The van der Waals surface area contributed by atoms with E-state index in [0.29, 0.717) is 13.2 Å². The van der Waals surface area contributed by atoms with E-state index in [1.165, 1.54) is 5.56 Å². The van der Waals surface area contributed by atoms with Crippen LogP contribution in [0.5, 0.6) is 0 Å². The lowest BCUT2D eigenvalue weighted by Crippen LogP contribution is -2.00. The third-order valence-corrected chi connectivity index (χ3v) is 3.61. The monoisotopic (exact) mass is 282 g/mol. The summed E-state index contributed by atoms with van der Waals surface area (Å²) in [6.45, 7) is 3.18. The summed E-state index contributed by atoms with van der Waals surface area (Å²) in [5, 5.41) is 4.26. The van der Waals surface area contributed by atoms with Crippen molar-refractivity contribution in [1.82, 2.24) is 14.6 Å². The summed E-state index contributed by atoms with van der Waals surface area (Å²) in [5.74, 6) is 0. The summed E-state index contributed by atoms with van der Waals surface area (Å²) in [5.41, 5.74) is 12.1. The largest absolute Gasteiger partial charge is 0.380 e. The van der Waals surface area contributed by atoms with E-state index in [2.05, 4.69) is 41.3 Å². The number of fused-ring (bicyclic) bond motifs is 1. The molecule has 0 aliphatic carbocycles. The number of hydrogen-bond acceptors (Lipinski definition) is 4. The third-order valence-electron chi connectivity index (χ3n) is 3.61. The average molecular weight is 282 g/mol. The molecule has 5 heteroatoms. The van der Waals surface area contributed by atoms with Gasteiger partial charge in [-0.05, 0) is 35.7 Å². The van der Waals surface area contributed by atoms with Crippen molar-refractivity contribution in [2.24, 2.45) is 5.73 Å². The van der Waals surface area contributed by atoms with Crippen molar-refractivity contribution in [3.8, 4) is 11.3 Å². The summed E-state index contributed by atoms with van der Waals surface area (Å²) in [6.07, 6.45) is 3.54. The molecule has 3 rings (SSSR count). The van der Waals surface area contributed by atoms with Crippen molar-refractivity contribution < 1.29 is 4.74 Å². The molecule has 21 heavy (non-hydrogen) atoms. The molecule has 0 unspecified atom stereocenters. The van der Waals surface area contributed by atoms with Gasteiger partial charge in [0.15, 0.2) is 0 Å². The number of ether oxygens (including phenoxy) is 1. The van der Waals surface area contributed by atoms with E-state index in [4.69, 9.17) is 10.5 Å². The van der Waals surface area contributed by atoms with Crippen LogP contribution >= 0.6 is 0 Å². The molecule has 1 aromatic carbocycles. The summed E-state index contributed by atoms with van der Waals surface area (Å²) in [7, 11) is 1.68. The van der Waals surface area contributed by atoms with E-state index < -0.39 is 0 Å². The van der Waals surface area contributed by atoms with E-state index in [0.717, 1.165) is 27.9 Å². The molecule has 0 aliphatic heterocycles. The van der Waals surface area contributed by atoms with Crippen LogP contribution in [-0.4, -0.2) is 21.7 Å². The minimum atomic E-state index is 0.550. The van der Waals surface area contributed by atoms with Gasteiger partial charge in [-0.15, -0.1) is 0 Å². The number of nitrogens with two attached hydrogens (primary N) is 1. The summed E-state index contributed by atoms with van der Waals surface area (Å²) in [4.78, 5) is 4.44. The van der Waals surface area contributed by atoms with Gasteiger partial charge in [0.05, 0.1) is 17.8 Å². The van der Waals surface area contributed by atoms with Crippen LogP contribution in [0.4, 0.5) is 0 Å². The number of nitrogens with zero attached hydrogens (tertiary/aromatic N) is 3.